The second-order valence-corrected chi connectivity index (χ2v) is 5.92. The van der Waals surface area contributed by atoms with E-state index in [1.807, 2.05) is 13.8 Å². The van der Waals surface area contributed by atoms with Crippen LogP contribution in [0.4, 0.5) is 0 Å². The molecule has 0 spiro atoms. The van der Waals surface area contributed by atoms with Gasteiger partial charge in [0, 0.05) is 0 Å². The second-order valence-electron chi connectivity index (χ2n) is 4.57. The number of hydrogen-bond donors (Lipinski definition) is 0. The van der Waals surface area contributed by atoms with Crippen molar-refractivity contribution < 1.29 is 22.5 Å². The predicted octanol–water partition coefficient (Wildman–Crippen LogP) is 2.71. The van der Waals surface area contributed by atoms with Crippen molar-refractivity contribution in [2.45, 2.75) is 44.4 Å². The van der Waals surface area contributed by atoms with Crippen LogP contribution in [0.1, 0.15) is 39.5 Å². The van der Waals surface area contributed by atoms with Crippen LogP contribution in [0.3, 0.4) is 0 Å². The van der Waals surface area contributed by atoms with Crippen molar-refractivity contribution in [2.24, 2.45) is 5.92 Å². The molecule has 0 saturated carbocycles. The van der Waals surface area contributed by atoms with Gasteiger partial charge in [0.2, 0.25) is 0 Å². The van der Waals surface area contributed by atoms with Crippen LogP contribution in [0.2, 0.25) is 0 Å². The number of para-hydroxylation sites is 1. The average molecular weight is 299 g/mol. The van der Waals surface area contributed by atoms with E-state index in [9.17, 15) is 17.8 Å². The topological polar surface area (TPSA) is 83.5 Å². The third kappa shape index (κ3) is 4.61. The molecular formula is C14H19O5S-. The molecule has 0 fully saturated rings. The van der Waals surface area contributed by atoms with Crippen LogP contribution in [0.25, 0.3) is 0 Å². The molecule has 0 aromatic heterocycles. The molecule has 112 valence electrons. The van der Waals surface area contributed by atoms with Gasteiger partial charge >= 0.3 is 5.97 Å². The Hall–Kier alpha value is -1.40. The van der Waals surface area contributed by atoms with E-state index in [-0.39, 0.29) is 11.7 Å². The van der Waals surface area contributed by atoms with Gasteiger partial charge in [-0.15, -0.1) is 0 Å². The Labute approximate surface area is 119 Å². The average Bonchev–Trinajstić information content (AvgIpc) is 2.39. The fraction of sp³-hybridized carbons (Fsp3) is 0.500. The lowest BCUT2D eigenvalue weighted by Crippen LogP contribution is -2.21. The number of carbonyl (C=O) groups is 1. The number of carbonyl (C=O) groups excluding carboxylic acids is 1. The van der Waals surface area contributed by atoms with Crippen LogP contribution in [0.5, 0.6) is 5.75 Å². The Morgan fingerprint density at radius 1 is 1.30 bits per heavy atom. The van der Waals surface area contributed by atoms with Crippen molar-refractivity contribution in [2.75, 3.05) is 0 Å². The smallest absolute Gasteiger partial charge is 0.314 e. The first-order valence-electron chi connectivity index (χ1n) is 6.66. The van der Waals surface area contributed by atoms with Crippen LogP contribution < -0.4 is 4.74 Å². The largest absolute Gasteiger partial charge is 0.744 e. The fourth-order valence-electron chi connectivity index (χ4n) is 1.87. The van der Waals surface area contributed by atoms with Crippen LogP contribution in [0, 0.1) is 5.92 Å². The van der Waals surface area contributed by atoms with E-state index in [1.54, 1.807) is 0 Å². The second kappa shape index (κ2) is 7.40. The molecule has 0 saturated heterocycles. The lowest BCUT2D eigenvalue weighted by Gasteiger charge is -2.16. The quantitative estimate of drug-likeness (QED) is 0.439. The Bertz CT molecular complexity index is 550. The molecule has 1 aromatic rings. The van der Waals surface area contributed by atoms with E-state index >= 15 is 0 Å². The minimum absolute atomic E-state index is 0.192. The number of esters is 1. The highest BCUT2D eigenvalue weighted by atomic mass is 32.2. The van der Waals surface area contributed by atoms with Gasteiger partial charge in [-0.25, -0.2) is 8.42 Å². The summed E-state index contributed by atoms with van der Waals surface area (Å²) in [5, 5.41) is 0. The molecule has 20 heavy (non-hydrogen) atoms. The predicted molar refractivity (Wildman–Crippen MR) is 73.3 cm³/mol. The van der Waals surface area contributed by atoms with Crippen LogP contribution >= 0.6 is 0 Å². The minimum Gasteiger partial charge on any atom is -0.744 e. The molecule has 0 aliphatic rings. The monoisotopic (exact) mass is 299 g/mol. The molecule has 0 amide bonds. The van der Waals surface area contributed by atoms with Gasteiger partial charge < -0.3 is 9.29 Å². The van der Waals surface area contributed by atoms with E-state index < -0.39 is 21.0 Å². The minimum atomic E-state index is -4.66. The van der Waals surface area contributed by atoms with Gasteiger partial charge in [0.15, 0.2) is 0 Å². The summed E-state index contributed by atoms with van der Waals surface area (Å²) in [5.41, 5.74) is 0. The molecule has 5 nitrogen and oxygen atoms in total. The first-order chi connectivity index (χ1) is 9.40. The molecule has 1 aromatic carbocycles. The van der Waals surface area contributed by atoms with Gasteiger partial charge in [0.1, 0.15) is 15.9 Å². The molecule has 6 heteroatoms. The third-order valence-corrected chi connectivity index (χ3v) is 3.94. The fourth-order valence-corrected chi connectivity index (χ4v) is 2.47. The van der Waals surface area contributed by atoms with Crippen molar-refractivity contribution >= 4 is 16.1 Å². The molecule has 1 rings (SSSR count). The number of benzene rings is 1. The van der Waals surface area contributed by atoms with Gasteiger partial charge in [-0.05, 0) is 25.0 Å². The standard InChI is InChI=1S/C14H20O5S/c1-3-5-8-11(4-2)14(15)19-12-9-6-7-10-13(12)20(16,17)18/h6-7,9-11H,3-5,8H2,1-2H3,(H,16,17,18)/p-1. The zero-order chi connectivity index (χ0) is 15.2. The zero-order valence-electron chi connectivity index (χ0n) is 11.7. The molecule has 0 aliphatic carbocycles. The van der Waals surface area contributed by atoms with Crippen molar-refractivity contribution in [1.82, 2.24) is 0 Å². The molecule has 0 radical (unpaired) electrons. The summed E-state index contributed by atoms with van der Waals surface area (Å²) >= 11 is 0. The molecule has 0 bridgehead atoms. The van der Waals surface area contributed by atoms with Gasteiger partial charge in [-0.3, -0.25) is 4.79 Å². The van der Waals surface area contributed by atoms with E-state index in [0.717, 1.165) is 18.9 Å². The molecule has 1 unspecified atom stereocenters. The van der Waals surface area contributed by atoms with E-state index in [2.05, 4.69) is 0 Å². The van der Waals surface area contributed by atoms with Gasteiger partial charge in [-0.1, -0.05) is 38.8 Å². The highest BCUT2D eigenvalue weighted by Crippen LogP contribution is 2.25. The first-order valence-corrected chi connectivity index (χ1v) is 8.07. The summed E-state index contributed by atoms with van der Waals surface area (Å²) in [6.07, 6.45) is 3.17. The van der Waals surface area contributed by atoms with E-state index in [0.29, 0.717) is 12.8 Å². The number of rotatable bonds is 7. The van der Waals surface area contributed by atoms with Gasteiger partial charge in [0.25, 0.3) is 0 Å². The van der Waals surface area contributed by atoms with Crippen molar-refractivity contribution in [3.8, 4) is 5.75 Å². The number of hydrogen-bond acceptors (Lipinski definition) is 5. The SMILES string of the molecule is CCCCC(CC)C(=O)Oc1ccccc1S(=O)(=O)[O-]. The first kappa shape index (κ1) is 16.7. The third-order valence-electron chi connectivity index (χ3n) is 3.06. The van der Waals surface area contributed by atoms with E-state index in [4.69, 9.17) is 4.74 Å². The van der Waals surface area contributed by atoms with Crippen LogP contribution in [-0.4, -0.2) is 18.9 Å². The molecule has 0 N–H and O–H groups in total. The van der Waals surface area contributed by atoms with Crippen molar-refractivity contribution in [1.29, 1.82) is 0 Å². The highest BCUT2D eigenvalue weighted by molar-refractivity contribution is 7.85. The maximum absolute atomic E-state index is 12.0. The number of ether oxygens (including phenoxy) is 1. The highest BCUT2D eigenvalue weighted by Gasteiger charge is 2.20. The summed E-state index contributed by atoms with van der Waals surface area (Å²) in [5.74, 6) is -0.961. The molecular weight excluding hydrogens is 280 g/mol. The summed E-state index contributed by atoms with van der Waals surface area (Å²) in [6, 6.07) is 5.38. The maximum Gasteiger partial charge on any atom is 0.314 e. The van der Waals surface area contributed by atoms with Gasteiger partial charge in [0.05, 0.1) is 10.8 Å². The Morgan fingerprint density at radius 2 is 1.95 bits per heavy atom. The summed E-state index contributed by atoms with van der Waals surface area (Å²) < 4.78 is 38.4. The summed E-state index contributed by atoms with van der Waals surface area (Å²) in [6.45, 7) is 3.90. The summed E-state index contributed by atoms with van der Waals surface area (Å²) in [4.78, 5) is 11.5. The van der Waals surface area contributed by atoms with Gasteiger partial charge in [-0.2, -0.15) is 0 Å². The Balaban J connectivity index is 2.90. The molecule has 0 aliphatic heterocycles. The lowest BCUT2D eigenvalue weighted by molar-refractivity contribution is -0.139. The van der Waals surface area contributed by atoms with Crippen LogP contribution in [-0.2, 0) is 14.9 Å². The molecule has 0 heterocycles. The van der Waals surface area contributed by atoms with Crippen LogP contribution in [0.15, 0.2) is 29.2 Å². The Morgan fingerprint density at radius 3 is 2.50 bits per heavy atom. The van der Waals surface area contributed by atoms with E-state index in [1.165, 1.54) is 18.2 Å². The zero-order valence-corrected chi connectivity index (χ0v) is 12.5. The Kier molecular flexibility index (Phi) is 6.16. The van der Waals surface area contributed by atoms with Crippen molar-refractivity contribution in [3.05, 3.63) is 24.3 Å². The maximum atomic E-state index is 12.0. The number of unbranched alkanes of at least 4 members (excludes halogenated alkanes) is 1. The van der Waals surface area contributed by atoms with Crippen molar-refractivity contribution in [3.63, 3.8) is 0 Å². The normalized spacial score (nSPS) is 12.9. The molecule has 1 atom stereocenters. The summed E-state index contributed by atoms with van der Waals surface area (Å²) in [7, 11) is -4.66. The lowest BCUT2D eigenvalue weighted by atomic mass is 10.00.